The van der Waals surface area contributed by atoms with Crippen molar-refractivity contribution in [3.8, 4) is 0 Å². The number of hydrogen-bond acceptors (Lipinski definition) is 6. The Hall–Kier alpha value is -1.19. The molecule has 2 heterocycles. The third-order valence-corrected chi connectivity index (χ3v) is 6.42. The minimum absolute atomic E-state index is 0.0693. The molecule has 1 fully saturated rings. The number of sulfonamides is 1. The van der Waals surface area contributed by atoms with Gasteiger partial charge in [0, 0.05) is 25.4 Å². The zero-order chi connectivity index (χ0) is 14.8. The zero-order valence-corrected chi connectivity index (χ0v) is 12.7. The Labute approximate surface area is 118 Å². The highest BCUT2D eigenvalue weighted by atomic mass is 32.2. The number of nitrogens with one attached hydrogen (secondary N) is 2. The van der Waals surface area contributed by atoms with Gasteiger partial charge in [0.05, 0.1) is 16.4 Å². The molecule has 1 aliphatic rings. The maximum Gasteiger partial charge on any atom is 0.241 e. The molecule has 0 bridgehead atoms. The molecule has 1 unspecified atom stereocenters. The summed E-state index contributed by atoms with van der Waals surface area (Å²) in [6.07, 6.45) is 2.40. The Kier molecular flexibility index (Phi) is 4.31. The van der Waals surface area contributed by atoms with Crippen molar-refractivity contribution in [3.05, 3.63) is 18.3 Å². The lowest BCUT2D eigenvalue weighted by Crippen LogP contribution is -2.43. The summed E-state index contributed by atoms with van der Waals surface area (Å²) >= 11 is 0. The van der Waals surface area contributed by atoms with E-state index >= 15 is 0 Å². The maximum atomic E-state index is 12.2. The van der Waals surface area contributed by atoms with Crippen LogP contribution in [0.3, 0.4) is 0 Å². The average molecular weight is 319 g/mol. The Balaban J connectivity index is 2.18. The second-order valence-corrected chi connectivity index (χ2v) is 8.64. The van der Waals surface area contributed by atoms with Crippen LogP contribution in [-0.2, 0) is 19.9 Å². The molecule has 1 saturated heterocycles. The molecule has 20 heavy (non-hydrogen) atoms. The van der Waals surface area contributed by atoms with Crippen molar-refractivity contribution in [2.75, 3.05) is 23.9 Å². The number of hydrogen-bond donors (Lipinski definition) is 2. The molecular weight excluding hydrogens is 302 g/mol. The van der Waals surface area contributed by atoms with E-state index in [0.717, 1.165) is 0 Å². The monoisotopic (exact) mass is 319 g/mol. The van der Waals surface area contributed by atoms with Crippen molar-refractivity contribution in [1.29, 1.82) is 0 Å². The van der Waals surface area contributed by atoms with Crippen molar-refractivity contribution in [1.82, 2.24) is 9.71 Å². The van der Waals surface area contributed by atoms with Gasteiger partial charge in [-0.25, -0.2) is 26.5 Å². The molecule has 0 aliphatic carbocycles. The fraction of sp³-hybridized carbons (Fsp3) is 0.545. The lowest BCUT2D eigenvalue weighted by atomic mass is 10.2. The van der Waals surface area contributed by atoms with Crippen molar-refractivity contribution in [2.45, 2.75) is 23.8 Å². The van der Waals surface area contributed by atoms with Crippen molar-refractivity contribution in [3.63, 3.8) is 0 Å². The highest BCUT2D eigenvalue weighted by molar-refractivity contribution is 7.91. The van der Waals surface area contributed by atoms with E-state index in [0.29, 0.717) is 18.7 Å². The predicted octanol–water partition coefficient (Wildman–Crippen LogP) is -0.0212. The van der Waals surface area contributed by atoms with E-state index in [9.17, 15) is 16.8 Å². The minimum Gasteiger partial charge on any atom is -0.373 e. The number of nitrogens with zero attached hydrogens (tertiary/aromatic N) is 1. The van der Waals surface area contributed by atoms with Crippen LogP contribution in [0.4, 0.5) is 5.82 Å². The van der Waals surface area contributed by atoms with E-state index in [-0.39, 0.29) is 16.4 Å². The highest BCUT2D eigenvalue weighted by Gasteiger charge is 2.28. The first-order valence-corrected chi connectivity index (χ1v) is 9.49. The lowest BCUT2D eigenvalue weighted by Gasteiger charge is -2.22. The molecule has 0 radical (unpaired) electrons. The van der Waals surface area contributed by atoms with Crippen LogP contribution in [0.1, 0.15) is 12.8 Å². The van der Waals surface area contributed by atoms with Crippen LogP contribution in [0.2, 0.25) is 0 Å². The van der Waals surface area contributed by atoms with E-state index in [4.69, 9.17) is 0 Å². The molecule has 112 valence electrons. The van der Waals surface area contributed by atoms with Crippen LogP contribution in [0.15, 0.2) is 23.2 Å². The van der Waals surface area contributed by atoms with Gasteiger partial charge in [0.1, 0.15) is 5.82 Å². The molecule has 1 aromatic heterocycles. The van der Waals surface area contributed by atoms with Gasteiger partial charge in [0.15, 0.2) is 9.84 Å². The van der Waals surface area contributed by atoms with Gasteiger partial charge in [-0.3, -0.25) is 0 Å². The third-order valence-electron chi connectivity index (χ3n) is 3.08. The lowest BCUT2D eigenvalue weighted by molar-refractivity contribution is 0.517. The molecule has 1 atom stereocenters. The summed E-state index contributed by atoms with van der Waals surface area (Å²) in [7, 11) is -5.25. The Bertz CT molecular complexity index is 685. The minimum atomic E-state index is -3.74. The van der Waals surface area contributed by atoms with Crippen LogP contribution in [0.25, 0.3) is 0 Å². The maximum absolute atomic E-state index is 12.2. The number of aromatic nitrogens is 1. The normalized spacial score (nSPS) is 22.4. The first kappa shape index (κ1) is 15.2. The summed E-state index contributed by atoms with van der Waals surface area (Å²) in [5.41, 5.74) is 0. The Morgan fingerprint density at radius 2 is 2.15 bits per heavy atom. The van der Waals surface area contributed by atoms with E-state index in [1.165, 1.54) is 18.3 Å². The molecule has 0 spiro atoms. The highest BCUT2D eigenvalue weighted by Crippen LogP contribution is 2.17. The first-order chi connectivity index (χ1) is 9.32. The standard InChI is InChI=1S/C11H17N3O4S2/c1-12-11-7-10(4-5-13-11)20(17,18)14-9-3-2-6-19(15,16)8-9/h4-5,7,9,14H,2-3,6,8H2,1H3,(H,12,13). The van der Waals surface area contributed by atoms with E-state index in [2.05, 4.69) is 15.0 Å². The van der Waals surface area contributed by atoms with E-state index in [1.807, 2.05) is 0 Å². The van der Waals surface area contributed by atoms with Gasteiger partial charge in [-0.2, -0.15) is 0 Å². The van der Waals surface area contributed by atoms with Crippen LogP contribution in [-0.4, -0.2) is 46.4 Å². The van der Waals surface area contributed by atoms with Crippen molar-refractivity contribution < 1.29 is 16.8 Å². The Morgan fingerprint density at radius 3 is 2.80 bits per heavy atom. The average Bonchev–Trinajstić information content (AvgIpc) is 2.37. The van der Waals surface area contributed by atoms with Crippen LogP contribution in [0.5, 0.6) is 0 Å². The molecule has 2 rings (SSSR count). The Morgan fingerprint density at radius 1 is 1.40 bits per heavy atom. The van der Waals surface area contributed by atoms with Gasteiger partial charge in [-0.1, -0.05) is 0 Å². The largest absolute Gasteiger partial charge is 0.373 e. The van der Waals surface area contributed by atoms with Gasteiger partial charge in [-0.05, 0) is 18.9 Å². The van der Waals surface area contributed by atoms with Gasteiger partial charge in [-0.15, -0.1) is 0 Å². The zero-order valence-electron chi connectivity index (χ0n) is 11.0. The van der Waals surface area contributed by atoms with Crippen molar-refractivity contribution >= 4 is 25.7 Å². The molecule has 1 aromatic rings. The fourth-order valence-electron chi connectivity index (χ4n) is 2.12. The number of rotatable bonds is 4. The quantitative estimate of drug-likeness (QED) is 0.808. The summed E-state index contributed by atoms with van der Waals surface area (Å²) in [5.74, 6) is 0.421. The summed E-state index contributed by atoms with van der Waals surface area (Å²) in [6, 6.07) is 2.21. The second kappa shape index (κ2) is 5.66. The molecule has 1 aliphatic heterocycles. The molecule has 0 amide bonds. The summed E-state index contributed by atoms with van der Waals surface area (Å²) in [6.45, 7) is 0. The van der Waals surface area contributed by atoms with Crippen LogP contribution >= 0.6 is 0 Å². The predicted molar refractivity (Wildman–Crippen MR) is 75.8 cm³/mol. The molecule has 2 N–H and O–H groups in total. The number of pyridine rings is 1. The number of anilines is 1. The van der Waals surface area contributed by atoms with Gasteiger partial charge >= 0.3 is 0 Å². The van der Waals surface area contributed by atoms with Gasteiger partial charge < -0.3 is 5.32 Å². The molecule has 0 aromatic carbocycles. The van der Waals surface area contributed by atoms with Gasteiger partial charge in [0.2, 0.25) is 10.0 Å². The molecule has 9 heteroatoms. The van der Waals surface area contributed by atoms with Gasteiger partial charge in [0.25, 0.3) is 0 Å². The van der Waals surface area contributed by atoms with E-state index < -0.39 is 25.9 Å². The summed E-state index contributed by atoms with van der Waals surface area (Å²) in [5, 5.41) is 2.76. The molecule has 0 saturated carbocycles. The molecular formula is C11H17N3O4S2. The second-order valence-electron chi connectivity index (χ2n) is 4.70. The summed E-state index contributed by atoms with van der Waals surface area (Å²) < 4.78 is 49.9. The fourth-order valence-corrected chi connectivity index (χ4v) is 5.14. The first-order valence-electron chi connectivity index (χ1n) is 6.19. The van der Waals surface area contributed by atoms with E-state index in [1.54, 1.807) is 7.05 Å². The van der Waals surface area contributed by atoms with Crippen molar-refractivity contribution in [2.24, 2.45) is 0 Å². The van der Waals surface area contributed by atoms with Crippen LogP contribution in [0, 0.1) is 0 Å². The third kappa shape index (κ3) is 3.68. The number of sulfone groups is 1. The summed E-state index contributed by atoms with van der Waals surface area (Å²) in [4.78, 5) is 4.01. The topological polar surface area (TPSA) is 105 Å². The smallest absolute Gasteiger partial charge is 0.241 e. The molecule has 7 nitrogen and oxygen atoms in total. The SMILES string of the molecule is CNc1cc(S(=O)(=O)NC2CCCS(=O)(=O)C2)ccn1. The van der Waals surface area contributed by atoms with Crippen LogP contribution < -0.4 is 10.0 Å².